The van der Waals surface area contributed by atoms with E-state index in [0.717, 1.165) is 17.7 Å². The van der Waals surface area contributed by atoms with E-state index in [1.165, 1.54) is 0 Å². The molecule has 0 radical (unpaired) electrons. The van der Waals surface area contributed by atoms with Crippen molar-refractivity contribution >= 4 is 10.0 Å². The Morgan fingerprint density at radius 3 is 2.44 bits per heavy atom. The van der Waals surface area contributed by atoms with Crippen LogP contribution in [-0.4, -0.2) is 43.8 Å². The molecule has 2 aromatic carbocycles. The molecule has 0 spiro atoms. The number of hydrogen-bond donors (Lipinski definition) is 0. The van der Waals surface area contributed by atoms with Crippen LogP contribution in [0.2, 0.25) is 0 Å². The van der Waals surface area contributed by atoms with Crippen LogP contribution in [0, 0.1) is 18.3 Å². The average Bonchev–Trinajstić information content (AvgIpc) is 2.62. The van der Waals surface area contributed by atoms with Gasteiger partial charge >= 0.3 is 0 Å². The summed E-state index contributed by atoms with van der Waals surface area (Å²) in [6.45, 7) is 4.95. The fourth-order valence-corrected chi connectivity index (χ4v) is 4.58. The molecule has 3 rings (SSSR count). The predicted octanol–water partition coefficient (Wildman–Crippen LogP) is 2.37. The average molecular weight is 355 g/mol. The Kier molecular flexibility index (Phi) is 5.19. The standard InChI is InChI=1S/C19H21N3O2S/c1-16-4-2-7-19(12-16)25(23,24)22-10-8-21(9-11-22)15-18-6-3-5-17(13-18)14-20/h2-7,12-13H,8-11,15H2,1H3. The van der Waals surface area contributed by atoms with Gasteiger partial charge in [-0.15, -0.1) is 0 Å². The molecule has 0 aliphatic carbocycles. The van der Waals surface area contributed by atoms with Crippen molar-refractivity contribution in [2.45, 2.75) is 18.4 Å². The number of sulfonamides is 1. The van der Waals surface area contributed by atoms with Gasteiger partial charge in [-0.25, -0.2) is 8.42 Å². The highest BCUT2D eigenvalue weighted by atomic mass is 32.2. The molecule has 2 aromatic rings. The van der Waals surface area contributed by atoms with E-state index in [4.69, 9.17) is 5.26 Å². The summed E-state index contributed by atoms with van der Waals surface area (Å²) in [4.78, 5) is 2.58. The summed E-state index contributed by atoms with van der Waals surface area (Å²) in [5.74, 6) is 0. The highest BCUT2D eigenvalue weighted by Crippen LogP contribution is 2.19. The Hall–Kier alpha value is -2.20. The Morgan fingerprint density at radius 2 is 1.76 bits per heavy atom. The second kappa shape index (κ2) is 7.36. The highest BCUT2D eigenvalue weighted by molar-refractivity contribution is 7.89. The van der Waals surface area contributed by atoms with Gasteiger partial charge in [0.25, 0.3) is 0 Å². The van der Waals surface area contributed by atoms with Crippen LogP contribution in [0.3, 0.4) is 0 Å². The van der Waals surface area contributed by atoms with E-state index in [1.54, 1.807) is 28.6 Å². The van der Waals surface area contributed by atoms with E-state index in [2.05, 4.69) is 11.0 Å². The van der Waals surface area contributed by atoms with Crippen molar-refractivity contribution in [1.82, 2.24) is 9.21 Å². The summed E-state index contributed by atoms with van der Waals surface area (Å²) >= 11 is 0. The monoisotopic (exact) mass is 355 g/mol. The van der Waals surface area contributed by atoms with Crippen LogP contribution in [-0.2, 0) is 16.6 Å². The predicted molar refractivity (Wildman–Crippen MR) is 96.4 cm³/mol. The SMILES string of the molecule is Cc1cccc(S(=O)(=O)N2CCN(Cc3cccc(C#N)c3)CC2)c1. The fraction of sp³-hybridized carbons (Fsp3) is 0.316. The molecule has 130 valence electrons. The van der Waals surface area contributed by atoms with Gasteiger partial charge in [-0.3, -0.25) is 4.90 Å². The molecule has 0 unspecified atom stereocenters. The second-order valence-corrected chi connectivity index (χ2v) is 8.25. The van der Waals surface area contributed by atoms with Crippen molar-refractivity contribution in [1.29, 1.82) is 5.26 Å². The molecule has 6 heteroatoms. The number of rotatable bonds is 4. The molecule has 5 nitrogen and oxygen atoms in total. The summed E-state index contributed by atoms with van der Waals surface area (Å²) in [5.41, 5.74) is 2.67. The summed E-state index contributed by atoms with van der Waals surface area (Å²) < 4.78 is 27.1. The Bertz CT molecular complexity index is 895. The minimum atomic E-state index is -3.43. The van der Waals surface area contributed by atoms with Gasteiger partial charge in [-0.2, -0.15) is 9.57 Å². The first kappa shape index (κ1) is 17.6. The van der Waals surface area contributed by atoms with E-state index in [0.29, 0.717) is 36.6 Å². The third-order valence-corrected chi connectivity index (χ3v) is 6.32. The first-order valence-corrected chi connectivity index (χ1v) is 9.71. The van der Waals surface area contributed by atoms with Crippen LogP contribution in [0.25, 0.3) is 0 Å². The van der Waals surface area contributed by atoms with Crippen LogP contribution in [0.1, 0.15) is 16.7 Å². The van der Waals surface area contributed by atoms with E-state index in [1.807, 2.05) is 31.2 Å². The van der Waals surface area contributed by atoms with Crippen molar-refractivity contribution < 1.29 is 8.42 Å². The molecule has 1 heterocycles. The molecule has 0 atom stereocenters. The maximum atomic E-state index is 12.8. The molecule has 0 aromatic heterocycles. The minimum Gasteiger partial charge on any atom is -0.296 e. The lowest BCUT2D eigenvalue weighted by molar-refractivity contribution is 0.181. The lowest BCUT2D eigenvalue weighted by atomic mass is 10.1. The molecule has 1 fully saturated rings. The zero-order chi connectivity index (χ0) is 17.9. The molecule has 1 aliphatic rings. The summed E-state index contributed by atoms with van der Waals surface area (Å²) in [7, 11) is -3.43. The van der Waals surface area contributed by atoms with E-state index >= 15 is 0 Å². The zero-order valence-corrected chi connectivity index (χ0v) is 15.0. The number of nitriles is 1. The summed E-state index contributed by atoms with van der Waals surface area (Å²) in [5, 5.41) is 8.98. The van der Waals surface area contributed by atoms with E-state index in [9.17, 15) is 8.42 Å². The summed E-state index contributed by atoms with van der Waals surface area (Å²) in [6.07, 6.45) is 0. The van der Waals surface area contributed by atoms with E-state index < -0.39 is 10.0 Å². The lowest BCUT2D eigenvalue weighted by Crippen LogP contribution is -2.48. The molecule has 0 saturated carbocycles. The molecule has 0 amide bonds. The number of aryl methyl sites for hydroxylation is 1. The third kappa shape index (κ3) is 4.07. The largest absolute Gasteiger partial charge is 0.296 e. The number of hydrogen-bond acceptors (Lipinski definition) is 4. The zero-order valence-electron chi connectivity index (χ0n) is 14.2. The second-order valence-electron chi connectivity index (χ2n) is 6.31. The normalized spacial score (nSPS) is 16.5. The molecule has 0 N–H and O–H groups in total. The number of benzene rings is 2. The van der Waals surface area contributed by atoms with Gasteiger partial charge < -0.3 is 0 Å². The van der Waals surface area contributed by atoms with E-state index in [-0.39, 0.29) is 0 Å². The van der Waals surface area contributed by atoms with Crippen molar-refractivity contribution in [3.63, 3.8) is 0 Å². The Morgan fingerprint density at radius 1 is 1.04 bits per heavy atom. The first-order valence-electron chi connectivity index (χ1n) is 8.27. The van der Waals surface area contributed by atoms with Gasteiger partial charge in [0.2, 0.25) is 10.0 Å². The first-order chi connectivity index (χ1) is 12.0. The highest BCUT2D eigenvalue weighted by Gasteiger charge is 2.28. The van der Waals surface area contributed by atoms with Crippen LogP contribution in [0.15, 0.2) is 53.4 Å². The fourth-order valence-electron chi connectivity index (χ4n) is 3.05. The number of piperazine rings is 1. The molecule has 1 aliphatic heterocycles. The molecule has 25 heavy (non-hydrogen) atoms. The van der Waals surface area contributed by atoms with Gasteiger partial charge in [-0.1, -0.05) is 24.3 Å². The van der Waals surface area contributed by atoms with Gasteiger partial charge in [-0.05, 0) is 42.3 Å². The maximum absolute atomic E-state index is 12.8. The van der Waals surface area contributed by atoms with Crippen LogP contribution in [0.5, 0.6) is 0 Å². The minimum absolute atomic E-state index is 0.364. The van der Waals surface area contributed by atoms with Crippen molar-refractivity contribution in [2.75, 3.05) is 26.2 Å². The quantitative estimate of drug-likeness (QED) is 0.845. The summed E-state index contributed by atoms with van der Waals surface area (Å²) in [6, 6.07) is 16.7. The van der Waals surface area contributed by atoms with Crippen molar-refractivity contribution in [3.8, 4) is 6.07 Å². The topological polar surface area (TPSA) is 64.4 Å². The van der Waals surface area contributed by atoms with Crippen LogP contribution >= 0.6 is 0 Å². The van der Waals surface area contributed by atoms with Gasteiger partial charge in [0.1, 0.15) is 0 Å². The van der Waals surface area contributed by atoms with Crippen LogP contribution in [0.4, 0.5) is 0 Å². The Labute approximate surface area is 149 Å². The molecule has 0 bridgehead atoms. The van der Waals surface area contributed by atoms with Gasteiger partial charge in [0.05, 0.1) is 16.5 Å². The molecule has 1 saturated heterocycles. The van der Waals surface area contributed by atoms with Crippen molar-refractivity contribution in [3.05, 3.63) is 65.2 Å². The number of nitrogens with zero attached hydrogens (tertiary/aromatic N) is 3. The van der Waals surface area contributed by atoms with Crippen LogP contribution < -0.4 is 0 Å². The van der Waals surface area contributed by atoms with Gasteiger partial charge in [0, 0.05) is 32.7 Å². The smallest absolute Gasteiger partial charge is 0.243 e. The molecular formula is C19H21N3O2S. The lowest BCUT2D eigenvalue weighted by Gasteiger charge is -2.34. The molecular weight excluding hydrogens is 334 g/mol. The maximum Gasteiger partial charge on any atom is 0.243 e. The van der Waals surface area contributed by atoms with Gasteiger partial charge in [0.15, 0.2) is 0 Å². The third-order valence-electron chi connectivity index (χ3n) is 4.42. The Balaban J connectivity index is 1.64. The van der Waals surface area contributed by atoms with Crippen molar-refractivity contribution in [2.24, 2.45) is 0 Å².